The van der Waals surface area contributed by atoms with E-state index in [1.807, 2.05) is 60.7 Å². The lowest BCUT2D eigenvalue weighted by molar-refractivity contribution is 1.07. The first-order valence-corrected chi connectivity index (χ1v) is 17.2. The number of para-hydroxylation sites is 3. The molecule has 0 aliphatic rings. The van der Waals surface area contributed by atoms with Crippen molar-refractivity contribution in [2.45, 2.75) is 6.92 Å². The van der Waals surface area contributed by atoms with Gasteiger partial charge in [0.15, 0.2) is 17.5 Å². The Balaban J connectivity index is 1.13. The molecule has 0 fully saturated rings. The van der Waals surface area contributed by atoms with Crippen molar-refractivity contribution in [1.29, 1.82) is 0 Å². The highest BCUT2D eigenvalue weighted by Gasteiger charge is 2.18. The minimum Gasteiger partial charge on any atom is -0.309 e. The highest BCUT2D eigenvalue weighted by molar-refractivity contribution is 6.12. The molecule has 0 radical (unpaired) electrons. The van der Waals surface area contributed by atoms with Gasteiger partial charge in [0.1, 0.15) is 0 Å². The number of hydrogen-bond acceptors (Lipinski definition) is 3. The third kappa shape index (κ3) is 4.74. The van der Waals surface area contributed by atoms with Gasteiger partial charge in [-0.25, -0.2) is 15.0 Å². The molecule has 5 heteroatoms. The first kappa shape index (κ1) is 29.1. The van der Waals surface area contributed by atoms with E-state index in [0.29, 0.717) is 17.5 Å². The molecule has 5 nitrogen and oxygen atoms in total. The maximum absolute atomic E-state index is 4.98. The minimum absolute atomic E-state index is 0.649. The van der Waals surface area contributed by atoms with Gasteiger partial charge in [0, 0.05) is 49.6 Å². The molecule has 0 saturated carbocycles. The smallest absolute Gasteiger partial charge is 0.164 e. The van der Waals surface area contributed by atoms with Gasteiger partial charge >= 0.3 is 0 Å². The topological polar surface area (TPSA) is 48.5 Å². The Bertz CT molecular complexity index is 2810. The average molecular weight is 654 g/mol. The lowest BCUT2D eigenvalue weighted by Crippen LogP contribution is -2.01. The van der Waals surface area contributed by atoms with Gasteiger partial charge in [0.25, 0.3) is 0 Å². The SMILES string of the molecule is Cc1cc(-c2nc(-c3ccccc3)nc(-c3ccccc3)n2)ccc1-n1c2ccccc2c2cc(-n3c4ccccc4c4ccccc43)ccc21. The fraction of sp³-hybridized carbons (Fsp3) is 0.0217. The molecule has 3 aromatic heterocycles. The van der Waals surface area contributed by atoms with E-state index < -0.39 is 0 Å². The van der Waals surface area contributed by atoms with E-state index in [1.165, 1.54) is 38.1 Å². The highest BCUT2D eigenvalue weighted by Crippen LogP contribution is 2.38. The van der Waals surface area contributed by atoms with Gasteiger partial charge in [0.2, 0.25) is 0 Å². The van der Waals surface area contributed by atoms with Crippen molar-refractivity contribution in [2.75, 3.05) is 0 Å². The molecular weight excluding hydrogens is 623 g/mol. The Labute approximate surface area is 294 Å². The summed E-state index contributed by atoms with van der Waals surface area (Å²) < 4.78 is 4.77. The second-order valence-electron chi connectivity index (χ2n) is 13.0. The summed E-state index contributed by atoms with van der Waals surface area (Å²) in [6.07, 6.45) is 0. The van der Waals surface area contributed by atoms with Crippen molar-refractivity contribution < 1.29 is 0 Å². The maximum atomic E-state index is 4.98. The third-order valence-electron chi connectivity index (χ3n) is 9.89. The van der Waals surface area contributed by atoms with Crippen LogP contribution in [0.25, 0.3) is 89.2 Å². The fourth-order valence-corrected chi connectivity index (χ4v) is 7.54. The number of fused-ring (bicyclic) bond motifs is 6. The van der Waals surface area contributed by atoms with Crippen LogP contribution in [0.4, 0.5) is 0 Å². The van der Waals surface area contributed by atoms with Crippen molar-refractivity contribution in [3.8, 4) is 45.5 Å². The Morgan fingerprint density at radius 1 is 0.353 bits per heavy atom. The van der Waals surface area contributed by atoms with Crippen LogP contribution < -0.4 is 0 Å². The molecule has 0 aliphatic heterocycles. The van der Waals surface area contributed by atoms with Crippen molar-refractivity contribution in [2.24, 2.45) is 0 Å². The summed E-state index contributed by atoms with van der Waals surface area (Å²) in [5.74, 6) is 1.96. The number of rotatable bonds is 5. The van der Waals surface area contributed by atoms with Gasteiger partial charge in [-0.2, -0.15) is 0 Å². The van der Waals surface area contributed by atoms with Crippen LogP contribution >= 0.6 is 0 Å². The summed E-state index contributed by atoms with van der Waals surface area (Å²) in [5.41, 5.74) is 11.0. The molecule has 0 amide bonds. The molecule has 3 heterocycles. The van der Waals surface area contributed by atoms with Gasteiger partial charge in [-0.05, 0) is 67.1 Å². The van der Waals surface area contributed by atoms with Crippen LogP contribution in [0, 0.1) is 6.92 Å². The van der Waals surface area contributed by atoms with E-state index in [1.54, 1.807) is 0 Å². The van der Waals surface area contributed by atoms with Crippen molar-refractivity contribution in [3.63, 3.8) is 0 Å². The predicted molar refractivity (Wildman–Crippen MR) is 210 cm³/mol. The Morgan fingerprint density at radius 3 is 1.35 bits per heavy atom. The van der Waals surface area contributed by atoms with Crippen LogP contribution in [-0.4, -0.2) is 24.1 Å². The van der Waals surface area contributed by atoms with Crippen LogP contribution in [0.15, 0.2) is 170 Å². The molecule has 240 valence electrons. The van der Waals surface area contributed by atoms with Gasteiger partial charge in [-0.1, -0.05) is 115 Å². The zero-order valence-corrected chi connectivity index (χ0v) is 27.9. The fourth-order valence-electron chi connectivity index (χ4n) is 7.54. The van der Waals surface area contributed by atoms with Crippen molar-refractivity contribution in [1.82, 2.24) is 24.1 Å². The minimum atomic E-state index is 0.649. The molecule has 0 N–H and O–H groups in total. The number of aryl methyl sites for hydroxylation is 1. The molecule has 10 aromatic rings. The highest BCUT2D eigenvalue weighted by atomic mass is 15.0. The first-order valence-electron chi connectivity index (χ1n) is 17.2. The number of aromatic nitrogens is 5. The summed E-state index contributed by atoms with van der Waals surface area (Å²) in [7, 11) is 0. The largest absolute Gasteiger partial charge is 0.309 e. The number of nitrogens with zero attached hydrogens (tertiary/aromatic N) is 5. The van der Waals surface area contributed by atoms with Crippen LogP contribution in [0.2, 0.25) is 0 Å². The van der Waals surface area contributed by atoms with E-state index >= 15 is 0 Å². The average Bonchev–Trinajstić information content (AvgIpc) is 3.71. The molecule has 0 atom stereocenters. The van der Waals surface area contributed by atoms with Crippen LogP contribution in [0.5, 0.6) is 0 Å². The lowest BCUT2D eigenvalue weighted by Gasteiger charge is -2.14. The Hall–Kier alpha value is -6.85. The maximum Gasteiger partial charge on any atom is 0.164 e. The molecular formula is C46H31N5. The van der Waals surface area contributed by atoms with Gasteiger partial charge in [-0.15, -0.1) is 0 Å². The molecule has 0 spiro atoms. The summed E-state index contributed by atoms with van der Waals surface area (Å²) >= 11 is 0. The van der Waals surface area contributed by atoms with E-state index in [-0.39, 0.29) is 0 Å². The summed E-state index contributed by atoms with van der Waals surface area (Å²) in [6, 6.07) is 59.6. The van der Waals surface area contributed by atoms with Crippen LogP contribution in [0.1, 0.15) is 5.56 Å². The molecule has 51 heavy (non-hydrogen) atoms. The predicted octanol–water partition coefficient (Wildman–Crippen LogP) is 11.4. The quantitative estimate of drug-likeness (QED) is 0.186. The number of hydrogen-bond donors (Lipinski definition) is 0. The normalized spacial score (nSPS) is 11.6. The standard InChI is InChI=1S/C46H31N5/c1-30-28-33(46-48-44(31-14-4-2-5-15-31)47-45(49-46)32-16-6-3-7-17-32)24-26-39(30)51-42-23-13-10-20-37(42)38-29-34(25-27-43(38)51)50-40-21-11-8-18-35(40)36-19-9-12-22-41(36)50/h2-29H,1H3. The van der Waals surface area contributed by atoms with Crippen LogP contribution in [0.3, 0.4) is 0 Å². The second-order valence-corrected chi connectivity index (χ2v) is 13.0. The Kier molecular flexibility index (Phi) is 6.64. The molecule has 10 rings (SSSR count). The summed E-state index contributed by atoms with van der Waals surface area (Å²) in [4.78, 5) is 14.8. The zero-order chi connectivity index (χ0) is 33.9. The molecule has 0 saturated heterocycles. The van der Waals surface area contributed by atoms with E-state index in [0.717, 1.165) is 39.1 Å². The third-order valence-corrected chi connectivity index (χ3v) is 9.89. The van der Waals surface area contributed by atoms with Gasteiger partial charge in [-0.3, -0.25) is 0 Å². The summed E-state index contributed by atoms with van der Waals surface area (Å²) in [6.45, 7) is 2.17. The second kappa shape index (κ2) is 11.6. The molecule has 7 aromatic carbocycles. The zero-order valence-electron chi connectivity index (χ0n) is 27.9. The molecule has 0 aliphatic carbocycles. The van der Waals surface area contributed by atoms with Gasteiger partial charge in [0.05, 0.1) is 22.1 Å². The lowest BCUT2D eigenvalue weighted by atomic mass is 10.1. The van der Waals surface area contributed by atoms with E-state index in [2.05, 4.69) is 125 Å². The molecule has 0 unspecified atom stereocenters. The van der Waals surface area contributed by atoms with Crippen LogP contribution in [-0.2, 0) is 0 Å². The van der Waals surface area contributed by atoms with Crippen molar-refractivity contribution in [3.05, 3.63) is 175 Å². The van der Waals surface area contributed by atoms with Gasteiger partial charge < -0.3 is 9.13 Å². The summed E-state index contributed by atoms with van der Waals surface area (Å²) in [5, 5.41) is 4.95. The van der Waals surface area contributed by atoms with Crippen molar-refractivity contribution >= 4 is 43.6 Å². The van der Waals surface area contributed by atoms with E-state index in [4.69, 9.17) is 15.0 Å². The molecule has 0 bridgehead atoms. The first-order chi connectivity index (χ1) is 25.2. The monoisotopic (exact) mass is 653 g/mol. The van der Waals surface area contributed by atoms with E-state index in [9.17, 15) is 0 Å². The Morgan fingerprint density at radius 2 is 0.804 bits per heavy atom. The number of benzene rings is 7.